The first-order valence-electron chi connectivity index (χ1n) is 8.43. The molecule has 1 aromatic heterocycles. The second-order valence-electron chi connectivity index (χ2n) is 6.30. The largest absolute Gasteiger partial charge is 0.299 e. The van der Waals surface area contributed by atoms with Gasteiger partial charge in [0, 0.05) is 22.2 Å². The van der Waals surface area contributed by atoms with Gasteiger partial charge in [0.15, 0.2) is 0 Å². The van der Waals surface area contributed by atoms with Crippen molar-refractivity contribution in [2.75, 3.05) is 0 Å². The lowest BCUT2D eigenvalue weighted by Crippen LogP contribution is -2.24. The minimum Gasteiger partial charge on any atom is -0.299 e. The van der Waals surface area contributed by atoms with E-state index in [2.05, 4.69) is 5.10 Å². The lowest BCUT2D eigenvalue weighted by molar-refractivity contribution is 0.650. The third kappa shape index (κ3) is 3.79. The van der Waals surface area contributed by atoms with Crippen molar-refractivity contribution in [3.63, 3.8) is 0 Å². The number of hydrogen-bond donors (Lipinski definition) is 1. The highest BCUT2D eigenvalue weighted by Gasteiger charge is 2.31. The van der Waals surface area contributed by atoms with Crippen LogP contribution in [0.3, 0.4) is 0 Å². The molecule has 0 aliphatic carbocycles. The molecule has 1 N–H and O–H groups in total. The SMILES string of the molecule is Cc1[nH]n(Cc2ccccc2)c(=O)c1[C@@H](c1cccc(Cl)c1)C(C#N)C#N. The molecule has 0 saturated carbocycles. The van der Waals surface area contributed by atoms with E-state index in [1.165, 1.54) is 4.68 Å². The van der Waals surface area contributed by atoms with E-state index in [9.17, 15) is 15.3 Å². The van der Waals surface area contributed by atoms with Crippen LogP contribution in [0.25, 0.3) is 0 Å². The van der Waals surface area contributed by atoms with Crippen LogP contribution in [-0.2, 0) is 6.54 Å². The lowest BCUT2D eigenvalue weighted by Gasteiger charge is -2.17. The first-order valence-corrected chi connectivity index (χ1v) is 8.81. The Morgan fingerprint density at radius 2 is 1.81 bits per heavy atom. The van der Waals surface area contributed by atoms with Gasteiger partial charge in [-0.15, -0.1) is 0 Å². The molecule has 6 heteroatoms. The zero-order valence-corrected chi connectivity index (χ0v) is 15.4. The predicted molar refractivity (Wildman–Crippen MR) is 103 cm³/mol. The Bertz CT molecular complexity index is 1070. The van der Waals surface area contributed by atoms with Gasteiger partial charge in [0.1, 0.15) is 5.92 Å². The molecule has 0 fully saturated rings. The first-order chi connectivity index (χ1) is 13.0. The van der Waals surface area contributed by atoms with Gasteiger partial charge in [-0.25, -0.2) is 4.68 Å². The first kappa shape index (κ1) is 18.5. The van der Waals surface area contributed by atoms with Crippen LogP contribution in [-0.4, -0.2) is 9.78 Å². The Morgan fingerprint density at radius 1 is 1.11 bits per heavy atom. The minimum absolute atomic E-state index is 0.239. The van der Waals surface area contributed by atoms with Crippen molar-refractivity contribution in [1.29, 1.82) is 10.5 Å². The number of halogens is 1. The quantitative estimate of drug-likeness (QED) is 0.730. The summed E-state index contributed by atoms with van der Waals surface area (Å²) < 4.78 is 1.50. The number of nitrogens with one attached hydrogen (secondary N) is 1. The highest BCUT2D eigenvalue weighted by atomic mass is 35.5. The Labute approximate surface area is 162 Å². The molecule has 0 unspecified atom stereocenters. The Balaban J connectivity index is 2.12. The molecule has 0 aliphatic heterocycles. The normalized spacial score (nSPS) is 11.7. The second-order valence-corrected chi connectivity index (χ2v) is 6.73. The molecule has 5 nitrogen and oxygen atoms in total. The fourth-order valence-corrected chi connectivity index (χ4v) is 3.47. The Morgan fingerprint density at radius 3 is 2.44 bits per heavy atom. The number of nitriles is 2. The number of rotatable bonds is 5. The monoisotopic (exact) mass is 376 g/mol. The van der Waals surface area contributed by atoms with Crippen LogP contribution in [0.5, 0.6) is 0 Å². The van der Waals surface area contributed by atoms with Crippen molar-refractivity contribution in [3.05, 3.63) is 92.4 Å². The third-order valence-corrected chi connectivity index (χ3v) is 4.73. The highest BCUT2D eigenvalue weighted by molar-refractivity contribution is 6.30. The van der Waals surface area contributed by atoms with Gasteiger partial charge in [-0.1, -0.05) is 54.1 Å². The molecule has 3 rings (SSSR count). The molecule has 1 atom stereocenters. The smallest absolute Gasteiger partial charge is 0.270 e. The zero-order valence-electron chi connectivity index (χ0n) is 14.7. The highest BCUT2D eigenvalue weighted by Crippen LogP contribution is 2.32. The number of aromatic nitrogens is 2. The lowest BCUT2D eigenvalue weighted by atomic mass is 9.82. The fourth-order valence-electron chi connectivity index (χ4n) is 3.27. The predicted octanol–water partition coefficient (Wildman–Crippen LogP) is 3.98. The number of nitrogens with zero attached hydrogens (tertiary/aromatic N) is 3. The molecular formula is C21H17ClN4O. The van der Waals surface area contributed by atoms with Crippen LogP contribution in [0.15, 0.2) is 59.4 Å². The van der Waals surface area contributed by atoms with Crippen LogP contribution in [0.2, 0.25) is 5.02 Å². The summed E-state index contributed by atoms with van der Waals surface area (Å²) in [5, 5.41) is 22.5. The molecule has 0 aliphatic rings. The summed E-state index contributed by atoms with van der Waals surface area (Å²) in [6, 6.07) is 20.6. The number of H-pyrrole nitrogens is 1. The van der Waals surface area contributed by atoms with Crippen molar-refractivity contribution in [2.24, 2.45) is 5.92 Å². The zero-order chi connectivity index (χ0) is 19.4. The summed E-state index contributed by atoms with van der Waals surface area (Å²) in [7, 11) is 0. The van der Waals surface area contributed by atoms with Crippen molar-refractivity contribution in [1.82, 2.24) is 9.78 Å². The minimum atomic E-state index is -1.00. The van der Waals surface area contributed by atoms with Crippen molar-refractivity contribution in [2.45, 2.75) is 19.4 Å². The number of benzene rings is 2. The summed E-state index contributed by atoms with van der Waals surface area (Å²) in [6.07, 6.45) is 0. The number of hydrogen-bond acceptors (Lipinski definition) is 3. The maximum Gasteiger partial charge on any atom is 0.270 e. The summed E-state index contributed by atoms with van der Waals surface area (Å²) in [5.41, 5.74) is 2.46. The van der Waals surface area contributed by atoms with Crippen LogP contribution < -0.4 is 5.56 Å². The van der Waals surface area contributed by atoms with E-state index in [0.717, 1.165) is 5.56 Å². The Kier molecular flexibility index (Phi) is 5.45. The molecule has 0 saturated heterocycles. The van der Waals surface area contributed by atoms with Gasteiger partial charge in [0.05, 0.1) is 18.7 Å². The molecule has 0 amide bonds. The topological polar surface area (TPSA) is 85.4 Å². The van der Waals surface area contributed by atoms with E-state index >= 15 is 0 Å². The molecule has 0 radical (unpaired) electrons. The third-order valence-electron chi connectivity index (χ3n) is 4.50. The summed E-state index contributed by atoms with van der Waals surface area (Å²) in [5.74, 6) is -1.68. The molecule has 27 heavy (non-hydrogen) atoms. The molecule has 1 heterocycles. The van der Waals surface area contributed by atoms with Crippen molar-refractivity contribution in [3.8, 4) is 12.1 Å². The molecular weight excluding hydrogens is 360 g/mol. The van der Waals surface area contributed by atoms with Crippen LogP contribution in [0.1, 0.15) is 28.3 Å². The maximum absolute atomic E-state index is 13.1. The van der Waals surface area contributed by atoms with Crippen LogP contribution >= 0.6 is 11.6 Å². The van der Waals surface area contributed by atoms with Crippen molar-refractivity contribution < 1.29 is 0 Å². The molecule has 134 valence electrons. The van der Waals surface area contributed by atoms with Gasteiger partial charge in [-0.3, -0.25) is 9.89 Å². The van der Waals surface area contributed by atoms with E-state index in [1.54, 1.807) is 31.2 Å². The average Bonchev–Trinajstić information content (AvgIpc) is 2.94. The fraction of sp³-hybridized carbons (Fsp3) is 0.190. The van der Waals surface area contributed by atoms with E-state index < -0.39 is 11.8 Å². The second kappa shape index (κ2) is 7.95. The van der Waals surface area contributed by atoms with Gasteiger partial charge in [-0.05, 0) is 30.2 Å². The molecule has 0 bridgehead atoms. The molecule has 2 aromatic carbocycles. The van der Waals surface area contributed by atoms with E-state index in [0.29, 0.717) is 28.4 Å². The maximum atomic E-state index is 13.1. The van der Waals surface area contributed by atoms with Gasteiger partial charge in [-0.2, -0.15) is 10.5 Å². The van der Waals surface area contributed by atoms with Crippen molar-refractivity contribution >= 4 is 11.6 Å². The van der Waals surface area contributed by atoms with Gasteiger partial charge < -0.3 is 0 Å². The Hall–Kier alpha value is -3.28. The van der Waals surface area contributed by atoms with Crippen LogP contribution in [0, 0.1) is 35.5 Å². The van der Waals surface area contributed by atoms with Gasteiger partial charge in [0.2, 0.25) is 0 Å². The summed E-state index contributed by atoms with van der Waals surface area (Å²) in [4.78, 5) is 13.1. The summed E-state index contributed by atoms with van der Waals surface area (Å²) in [6.45, 7) is 2.16. The molecule has 3 aromatic rings. The van der Waals surface area contributed by atoms with Gasteiger partial charge in [0.25, 0.3) is 5.56 Å². The van der Waals surface area contributed by atoms with Crippen LogP contribution in [0.4, 0.5) is 0 Å². The molecule has 0 spiro atoms. The average molecular weight is 377 g/mol. The number of aromatic amines is 1. The standard InChI is InChI=1S/C21H17ClN4O/c1-14-19(21(27)26(25-14)13-15-6-3-2-4-7-15)20(17(11-23)12-24)16-8-5-9-18(22)10-16/h2-10,17,20,25H,13H2,1H3/t20-/m0/s1. The van der Waals surface area contributed by atoms with E-state index in [-0.39, 0.29) is 5.56 Å². The number of aryl methyl sites for hydroxylation is 1. The van der Waals surface area contributed by atoms with Gasteiger partial charge >= 0.3 is 0 Å². The van der Waals surface area contributed by atoms with E-state index in [1.807, 2.05) is 42.5 Å². The van der Waals surface area contributed by atoms with E-state index in [4.69, 9.17) is 11.6 Å². The summed E-state index contributed by atoms with van der Waals surface area (Å²) >= 11 is 6.10.